The molecular formula is C19H19N3O7. The fourth-order valence-corrected chi connectivity index (χ4v) is 2.20. The molecule has 2 N–H and O–H groups in total. The summed E-state index contributed by atoms with van der Waals surface area (Å²) in [6, 6.07) is 9.99. The van der Waals surface area contributed by atoms with Gasteiger partial charge in [-0.25, -0.2) is 10.2 Å². The van der Waals surface area contributed by atoms with Crippen LogP contribution >= 0.6 is 0 Å². The van der Waals surface area contributed by atoms with Gasteiger partial charge in [0.15, 0.2) is 17.6 Å². The van der Waals surface area contributed by atoms with Crippen LogP contribution < -0.4 is 14.9 Å². The van der Waals surface area contributed by atoms with Crippen LogP contribution in [-0.4, -0.2) is 40.8 Å². The highest BCUT2D eigenvalue weighted by Crippen LogP contribution is 2.29. The first-order valence-corrected chi connectivity index (χ1v) is 8.56. The third-order valence-corrected chi connectivity index (χ3v) is 3.62. The topological polar surface area (TPSA) is 140 Å². The van der Waals surface area contributed by atoms with Crippen molar-refractivity contribution in [3.8, 4) is 11.5 Å². The molecule has 0 aliphatic carbocycles. The molecule has 0 fully saturated rings. The first kappa shape index (κ1) is 21.4. The van der Waals surface area contributed by atoms with Crippen LogP contribution in [0.25, 0.3) is 0 Å². The van der Waals surface area contributed by atoms with Crippen LogP contribution in [0.2, 0.25) is 0 Å². The lowest BCUT2D eigenvalue weighted by atomic mass is 10.2. The van der Waals surface area contributed by atoms with Gasteiger partial charge in [-0.3, -0.25) is 14.9 Å². The smallest absolute Gasteiger partial charge is 0.344 e. The quantitative estimate of drug-likeness (QED) is 0.374. The number of carbonyl (C=O) groups excluding carboxylic acids is 1. The monoisotopic (exact) mass is 401 g/mol. The molecule has 29 heavy (non-hydrogen) atoms. The average Bonchev–Trinajstić information content (AvgIpc) is 2.69. The zero-order chi connectivity index (χ0) is 21.4. The number of non-ortho nitro benzene ring substituents is 1. The van der Waals surface area contributed by atoms with Crippen LogP contribution in [0.5, 0.6) is 11.5 Å². The molecule has 2 rings (SSSR count). The van der Waals surface area contributed by atoms with Gasteiger partial charge in [0.05, 0.1) is 17.7 Å². The van der Waals surface area contributed by atoms with E-state index < -0.39 is 22.9 Å². The molecule has 0 radical (unpaired) electrons. The summed E-state index contributed by atoms with van der Waals surface area (Å²) >= 11 is 0. The van der Waals surface area contributed by atoms with E-state index in [0.717, 1.165) is 6.07 Å². The number of nitrogens with one attached hydrogen (secondary N) is 1. The number of nitrogens with zero attached hydrogens (tertiary/aromatic N) is 2. The fourth-order valence-electron chi connectivity index (χ4n) is 2.20. The summed E-state index contributed by atoms with van der Waals surface area (Å²) in [5.74, 6) is -1.12. The number of nitro groups is 1. The minimum atomic E-state index is -1.11. The number of carbonyl (C=O) groups is 2. The second-order valence-corrected chi connectivity index (χ2v) is 5.74. The molecule has 0 bridgehead atoms. The summed E-state index contributed by atoms with van der Waals surface area (Å²) in [5.41, 5.74) is 2.74. The van der Waals surface area contributed by atoms with Crippen molar-refractivity contribution in [3.63, 3.8) is 0 Å². The lowest BCUT2D eigenvalue weighted by Crippen LogP contribution is -2.23. The minimum absolute atomic E-state index is 0.0951. The predicted octanol–water partition coefficient (Wildman–Crippen LogP) is 2.61. The average molecular weight is 401 g/mol. The van der Waals surface area contributed by atoms with E-state index in [9.17, 15) is 19.7 Å². The van der Waals surface area contributed by atoms with Gasteiger partial charge in [0.1, 0.15) is 0 Å². The number of carboxylic acids is 1. The summed E-state index contributed by atoms with van der Waals surface area (Å²) in [6.45, 7) is 3.50. The summed E-state index contributed by atoms with van der Waals surface area (Å²) < 4.78 is 10.8. The zero-order valence-electron chi connectivity index (χ0n) is 15.7. The number of hydrogen-bond donors (Lipinski definition) is 2. The van der Waals surface area contributed by atoms with Crippen molar-refractivity contribution in [3.05, 3.63) is 63.7 Å². The molecule has 0 unspecified atom stereocenters. The number of amides is 1. The number of hydrogen-bond acceptors (Lipinski definition) is 7. The summed E-state index contributed by atoms with van der Waals surface area (Å²) in [7, 11) is 0. The Balaban J connectivity index is 2.10. The zero-order valence-corrected chi connectivity index (χ0v) is 15.7. The van der Waals surface area contributed by atoms with Crippen LogP contribution in [0.1, 0.15) is 29.8 Å². The Hall–Kier alpha value is -3.95. The first-order chi connectivity index (χ1) is 13.8. The number of nitro benzene ring substituents is 1. The summed E-state index contributed by atoms with van der Waals surface area (Å²) in [4.78, 5) is 33.2. The van der Waals surface area contributed by atoms with Crippen molar-refractivity contribution < 1.29 is 29.1 Å². The summed E-state index contributed by atoms with van der Waals surface area (Å²) in [5, 5.41) is 23.6. The second kappa shape index (κ2) is 9.83. The Morgan fingerprint density at radius 1 is 1.28 bits per heavy atom. The fraction of sp³-hybridized carbons (Fsp3) is 0.211. The number of carboxylic acid groups (broad SMARTS) is 1. The standard InChI is InChI=1S/C19H19N3O7/c1-3-28-17-9-13(7-8-16(17)29-12(2)19(24)25)11-20-21-18(23)14-5-4-6-15(10-14)22(26)27/h4-12H,3H2,1-2H3,(H,21,23)(H,24,25)/b20-11+/t12-/m1/s1. The molecule has 0 heterocycles. The van der Waals surface area contributed by atoms with Gasteiger partial charge in [-0.05, 0) is 43.7 Å². The van der Waals surface area contributed by atoms with Crippen LogP contribution in [0.4, 0.5) is 5.69 Å². The van der Waals surface area contributed by atoms with Crippen LogP contribution in [0.3, 0.4) is 0 Å². The molecule has 2 aromatic rings. The van der Waals surface area contributed by atoms with E-state index in [2.05, 4.69) is 10.5 Å². The van der Waals surface area contributed by atoms with Gasteiger partial charge < -0.3 is 14.6 Å². The van der Waals surface area contributed by atoms with Crippen molar-refractivity contribution in [1.29, 1.82) is 0 Å². The van der Waals surface area contributed by atoms with E-state index in [1.807, 2.05) is 0 Å². The molecule has 10 nitrogen and oxygen atoms in total. The van der Waals surface area contributed by atoms with Crippen molar-refractivity contribution in [2.45, 2.75) is 20.0 Å². The highest BCUT2D eigenvalue weighted by molar-refractivity contribution is 5.95. The van der Waals surface area contributed by atoms with Crippen molar-refractivity contribution >= 4 is 23.8 Å². The first-order valence-electron chi connectivity index (χ1n) is 8.56. The molecule has 1 atom stereocenters. The Labute approximate surface area is 165 Å². The Morgan fingerprint density at radius 2 is 2.03 bits per heavy atom. The minimum Gasteiger partial charge on any atom is -0.490 e. The van der Waals surface area contributed by atoms with E-state index in [1.165, 1.54) is 37.4 Å². The van der Waals surface area contributed by atoms with Gasteiger partial charge in [-0.1, -0.05) is 6.07 Å². The van der Waals surface area contributed by atoms with E-state index >= 15 is 0 Å². The highest BCUT2D eigenvalue weighted by Gasteiger charge is 2.16. The van der Waals surface area contributed by atoms with E-state index in [4.69, 9.17) is 14.6 Å². The molecule has 0 aliphatic heterocycles. The molecule has 10 heteroatoms. The molecule has 0 spiro atoms. The Kier molecular flexibility index (Phi) is 7.24. The normalized spacial score (nSPS) is 11.7. The van der Waals surface area contributed by atoms with E-state index in [1.54, 1.807) is 19.1 Å². The van der Waals surface area contributed by atoms with Crippen molar-refractivity contribution in [1.82, 2.24) is 5.43 Å². The highest BCUT2D eigenvalue weighted by atomic mass is 16.6. The van der Waals surface area contributed by atoms with Crippen LogP contribution in [0, 0.1) is 10.1 Å². The predicted molar refractivity (Wildman–Crippen MR) is 103 cm³/mol. The SMILES string of the molecule is CCOc1cc(/C=N/NC(=O)c2cccc([N+](=O)[O-])c2)ccc1O[C@H](C)C(=O)O. The molecular weight excluding hydrogens is 382 g/mol. The summed E-state index contributed by atoms with van der Waals surface area (Å²) in [6.07, 6.45) is 0.297. The van der Waals surface area contributed by atoms with E-state index in [-0.39, 0.29) is 17.0 Å². The lowest BCUT2D eigenvalue weighted by molar-refractivity contribution is -0.384. The van der Waals surface area contributed by atoms with Gasteiger partial charge in [-0.2, -0.15) is 5.10 Å². The van der Waals surface area contributed by atoms with E-state index in [0.29, 0.717) is 17.9 Å². The third kappa shape index (κ3) is 6.03. The molecule has 0 saturated carbocycles. The number of aliphatic carboxylic acids is 1. The molecule has 0 aliphatic rings. The van der Waals surface area contributed by atoms with Crippen LogP contribution in [0.15, 0.2) is 47.6 Å². The van der Waals surface area contributed by atoms with Crippen molar-refractivity contribution in [2.75, 3.05) is 6.61 Å². The van der Waals surface area contributed by atoms with Gasteiger partial charge in [0.2, 0.25) is 0 Å². The molecule has 1 amide bonds. The van der Waals surface area contributed by atoms with Crippen LogP contribution in [-0.2, 0) is 4.79 Å². The number of ether oxygens (including phenoxy) is 2. The maximum absolute atomic E-state index is 12.1. The number of rotatable bonds is 9. The Bertz CT molecular complexity index is 943. The Morgan fingerprint density at radius 3 is 2.69 bits per heavy atom. The molecule has 152 valence electrons. The number of hydrazone groups is 1. The van der Waals surface area contributed by atoms with Gasteiger partial charge in [0, 0.05) is 17.7 Å². The number of benzene rings is 2. The van der Waals surface area contributed by atoms with Gasteiger partial charge in [0.25, 0.3) is 11.6 Å². The van der Waals surface area contributed by atoms with Crippen molar-refractivity contribution in [2.24, 2.45) is 5.10 Å². The maximum Gasteiger partial charge on any atom is 0.344 e. The lowest BCUT2D eigenvalue weighted by Gasteiger charge is -2.15. The maximum atomic E-state index is 12.1. The third-order valence-electron chi connectivity index (χ3n) is 3.62. The van der Waals surface area contributed by atoms with Gasteiger partial charge in [-0.15, -0.1) is 0 Å². The molecule has 0 saturated heterocycles. The second-order valence-electron chi connectivity index (χ2n) is 5.74. The van der Waals surface area contributed by atoms with Gasteiger partial charge >= 0.3 is 5.97 Å². The largest absolute Gasteiger partial charge is 0.490 e. The molecule has 2 aromatic carbocycles. The molecule has 0 aromatic heterocycles.